The molecule has 1 fully saturated rings. The zero-order valence-corrected chi connectivity index (χ0v) is 8.93. The lowest BCUT2D eigenvalue weighted by atomic mass is 10.2. The van der Waals surface area contributed by atoms with Crippen molar-refractivity contribution in [2.75, 3.05) is 5.32 Å². The summed E-state index contributed by atoms with van der Waals surface area (Å²) < 4.78 is 0. The van der Waals surface area contributed by atoms with Gasteiger partial charge in [-0.2, -0.15) is 0 Å². The molecule has 1 aliphatic rings. The Bertz CT molecular complexity index is 423. The van der Waals surface area contributed by atoms with E-state index in [0.717, 1.165) is 24.2 Å². The van der Waals surface area contributed by atoms with Gasteiger partial charge in [0.1, 0.15) is 4.88 Å². The van der Waals surface area contributed by atoms with E-state index in [-0.39, 0.29) is 16.7 Å². The zero-order valence-electron chi connectivity index (χ0n) is 8.11. The van der Waals surface area contributed by atoms with Crippen LogP contribution in [0.3, 0.4) is 0 Å². The Morgan fingerprint density at radius 2 is 2.20 bits per heavy atom. The van der Waals surface area contributed by atoms with Gasteiger partial charge in [-0.05, 0) is 12.8 Å². The largest absolute Gasteiger partial charge is 0.477 e. The van der Waals surface area contributed by atoms with E-state index >= 15 is 0 Å². The zero-order chi connectivity index (χ0) is 11.0. The molecule has 15 heavy (non-hydrogen) atoms. The van der Waals surface area contributed by atoms with Crippen LogP contribution in [0.15, 0.2) is 0 Å². The minimum atomic E-state index is -0.967. The van der Waals surface area contributed by atoms with E-state index in [1.807, 2.05) is 0 Å². The summed E-state index contributed by atoms with van der Waals surface area (Å²) >= 11 is 1.02. The number of nitrogens with one attached hydrogen (secondary N) is 1. The highest BCUT2D eigenvalue weighted by atomic mass is 32.1. The minimum Gasteiger partial charge on any atom is -0.477 e. The monoisotopic (exact) mass is 226 g/mol. The summed E-state index contributed by atoms with van der Waals surface area (Å²) in [6, 6.07) is 0. The molecule has 1 aromatic rings. The van der Waals surface area contributed by atoms with Crippen LogP contribution in [0.5, 0.6) is 0 Å². The maximum Gasteiger partial charge on any atom is 0.347 e. The fraction of sp³-hybridized carbons (Fsp3) is 0.444. The molecular weight excluding hydrogens is 216 g/mol. The molecule has 2 N–H and O–H groups in total. The molecule has 0 aliphatic heterocycles. The number of hydrogen-bond acceptors (Lipinski definition) is 4. The van der Waals surface area contributed by atoms with Crippen molar-refractivity contribution in [3.8, 4) is 0 Å². The van der Waals surface area contributed by atoms with Crippen LogP contribution in [0.2, 0.25) is 0 Å². The van der Waals surface area contributed by atoms with E-state index in [1.165, 1.54) is 6.92 Å². The number of carboxylic acid groups (broad SMARTS) is 1. The van der Waals surface area contributed by atoms with Crippen LogP contribution < -0.4 is 5.32 Å². The number of amides is 1. The lowest BCUT2D eigenvalue weighted by molar-refractivity contribution is -0.114. The molecule has 0 aromatic carbocycles. The predicted octanol–water partition coefficient (Wildman–Crippen LogP) is 1.68. The minimum absolute atomic E-state index is 0.233. The standard InChI is InChI=1S/C9H10N2O3S/c1-4(12)10-9-11-6(5-2-3-5)7(15-9)8(13)14/h5H,2-3H2,1H3,(H,13,14)(H,10,11,12). The van der Waals surface area contributed by atoms with Crippen molar-refractivity contribution >= 4 is 28.3 Å². The van der Waals surface area contributed by atoms with Gasteiger partial charge in [0, 0.05) is 12.8 Å². The third-order valence-electron chi connectivity index (χ3n) is 2.09. The predicted molar refractivity (Wildman–Crippen MR) is 55.4 cm³/mol. The highest BCUT2D eigenvalue weighted by Gasteiger charge is 2.32. The quantitative estimate of drug-likeness (QED) is 0.821. The third kappa shape index (κ3) is 2.15. The third-order valence-corrected chi connectivity index (χ3v) is 3.07. The maximum atomic E-state index is 10.9. The topological polar surface area (TPSA) is 79.3 Å². The summed E-state index contributed by atoms with van der Waals surface area (Å²) in [7, 11) is 0. The molecule has 80 valence electrons. The number of aromatic carboxylic acids is 1. The number of thiazole rings is 1. The van der Waals surface area contributed by atoms with Gasteiger partial charge in [-0.1, -0.05) is 11.3 Å². The van der Waals surface area contributed by atoms with Gasteiger partial charge < -0.3 is 10.4 Å². The van der Waals surface area contributed by atoms with Crippen molar-refractivity contribution in [3.63, 3.8) is 0 Å². The molecule has 0 saturated heterocycles. The van der Waals surface area contributed by atoms with Crippen molar-refractivity contribution in [2.24, 2.45) is 0 Å². The normalized spacial score (nSPS) is 15.0. The van der Waals surface area contributed by atoms with Gasteiger partial charge in [-0.15, -0.1) is 0 Å². The second-order valence-corrected chi connectivity index (χ2v) is 4.49. The van der Waals surface area contributed by atoms with Crippen molar-refractivity contribution in [2.45, 2.75) is 25.7 Å². The van der Waals surface area contributed by atoms with Crippen molar-refractivity contribution in [3.05, 3.63) is 10.6 Å². The lowest BCUT2D eigenvalue weighted by Crippen LogP contribution is -2.05. The molecule has 5 nitrogen and oxygen atoms in total. The number of rotatable bonds is 3. The highest BCUT2D eigenvalue weighted by Crippen LogP contribution is 2.43. The number of carbonyl (C=O) groups is 2. The van der Waals surface area contributed by atoms with E-state index in [2.05, 4.69) is 10.3 Å². The number of aromatic nitrogens is 1. The van der Waals surface area contributed by atoms with Gasteiger partial charge in [0.05, 0.1) is 5.69 Å². The highest BCUT2D eigenvalue weighted by molar-refractivity contribution is 7.17. The summed E-state index contributed by atoms with van der Waals surface area (Å²) in [5, 5.41) is 11.8. The van der Waals surface area contributed by atoms with E-state index in [9.17, 15) is 9.59 Å². The maximum absolute atomic E-state index is 10.9. The molecule has 0 atom stereocenters. The molecule has 1 aliphatic carbocycles. The first kappa shape index (κ1) is 10.1. The Kier molecular flexibility index (Phi) is 2.44. The SMILES string of the molecule is CC(=O)Nc1nc(C2CC2)c(C(=O)O)s1. The Morgan fingerprint density at radius 1 is 1.53 bits per heavy atom. The fourth-order valence-corrected chi connectivity index (χ4v) is 2.26. The molecule has 1 amide bonds. The van der Waals surface area contributed by atoms with Gasteiger partial charge in [0.25, 0.3) is 0 Å². The second kappa shape index (κ2) is 3.62. The van der Waals surface area contributed by atoms with Crippen LogP contribution in [0.25, 0.3) is 0 Å². The smallest absolute Gasteiger partial charge is 0.347 e. The number of carbonyl (C=O) groups excluding carboxylic acids is 1. The van der Waals surface area contributed by atoms with Gasteiger partial charge in [-0.3, -0.25) is 4.79 Å². The number of hydrogen-bond donors (Lipinski definition) is 2. The van der Waals surface area contributed by atoms with E-state index < -0.39 is 5.97 Å². The van der Waals surface area contributed by atoms with Crippen LogP contribution in [0.1, 0.15) is 41.0 Å². The van der Waals surface area contributed by atoms with Gasteiger partial charge in [0.15, 0.2) is 5.13 Å². The van der Waals surface area contributed by atoms with Crippen LogP contribution in [-0.2, 0) is 4.79 Å². The molecule has 0 spiro atoms. The average molecular weight is 226 g/mol. The molecule has 1 heterocycles. The van der Waals surface area contributed by atoms with Gasteiger partial charge in [-0.25, -0.2) is 9.78 Å². The lowest BCUT2D eigenvalue weighted by Gasteiger charge is -1.92. The van der Waals surface area contributed by atoms with E-state index in [4.69, 9.17) is 5.11 Å². The van der Waals surface area contributed by atoms with Crippen molar-refractivity contribution in [1.29, 1.82) is 0 Å². The molecule has 1 saturated carbocycles. The van der Waals surface area contributed by atoms with Crippen LogP contribution in [-0.4, -0.2) is 22.0 Å². The van der Waals surface area contributed by atoms with Crippen molar-refractivity contribution < 1.29 is 14.7 Å². The Labute approximate surface area is 90.1 Å². The van der Waals surface area contributed by atoms with E-state index in [1.54, 1.807) is 0 Å². The Hall–Kier alpha value is -1.43. The van der Waals surface area contributed by atoms with Crippen LogP contribution in [0, 0.1) is 0 Å². The van der Waals surface area contributed by atoms with Crippen LogP contribution in [0.4, 0.5) is 5.13 Å². The number of carboxylic acids is 1. The van der Waals surface area contributed by atoms with Crippen LogP contribution >= 0.6 is 11.3 Å². The molecule has 6 heteroatoms. The van der Waals surface area contributed by atoms with Crippen molar-refractivity contribution in [1.82, 2.24) is 4.98 Å². The second-order valence-electron chi connectivity index (χ2n) is 3.49. The molecule has 0 radical (unpaired) electrons. The number of nitrogens with zero attached hydrogens (tertiary/aromatic N) is 1. The Morgan fingerprint density at radius 3 is 2.67 bits per heavy atom. The summed E-state index contributed by atoms with van der Waals surface area (Å²) in [5.74, 6) is -0.927. The van der Waals surface area contributed by atoms with E-state index in [0.29, 0.717) is 10.8 Å². The summed E-state index contributed by atoms with van der Waals surface area (Å²) in [5.41, 5.74) is 0.622. The fourth-order valence-electron chi connectivity index (χ4n) is 1.32. The molecule has 0 bridgehead atoms. The molecule has 1 aromatic heterocycles. The first-order valence-corrected chi connectivity index (χ1v) is 5.41. The average Bonchev–Trinajstić information content (AvgIpc) is 2.87. The molecular formula is C9H10N2O3S. The first-order valence-electron chi connectivity index (χ1n) is 4.59. The summed E-state index contributed by atoms with van der Waals surface area (Å²) in [4.78, 5) is 26.1. The first-order chi connectivity index (χ1) is 7.08. The number of anilines is 1. The molecule has 2 rings (SSSR count). The molecule has 0 unspecified atom stereocenters. The summed E-state index contributed by atoms with van der Waals surface area (Å²) in [6.45, 7) is 1.37. The van der Waals surface area contributed by atoms with Gasteiger partial charge in [0.2, 0.25) is 5.91 Å². The van der Waals surface area contributed by atoms with Gasteiger partial charge >= 0.3 is 5.97 Å². The Balaban J connectivity index is 2.31. The summed E-state index contributed by atoms with van der Waals surface area (Å²) in [6.07, 6.45) is 1.98.